The second-order valence-electron chi connectivity index (χ2n) is 5.40. The molecule has 1 atom stereocenters. The van der Waals surface area contributed by atoms with Crippen LogP contribution in [-0.4, -0.2) is 5.11 Å². The molecule has 3 aromatic carbocycles. The molecule has 0 aromatic heterocycles. The third kappa shape index (κ3) is 3.54. The van der Waals surface area contributed by atoms with Gasteiger partial charge in [0, 0.05) is 27.3 Å². The molecule has 0 aliphatic heterocycles. The zero-order valence-corrected chi connectivity index (χ0v) is 13.4. The SMILES string of the molecule is [N-]=[N+]=Nc1ccccc1C(O)(C#Cc1ccccc1)c1ccccc1. The van der Waals surface area contributed by atoms with Crippen LogP contribution in [0.5, 0.6) is 0 Å². The Hall–Kier alpha value is -3.51. The van der Waals surface area contributed by atoms with Crippen molar-refractivity contribution >= 4 is 5.69 Å². The maximum atomic E-state index is 11.5. The van der Waals surface area contributed by atoms with Crippen molar-refractivity contribution in [2.75, 3.05) is 0 Å². The largest absolute Gasteiger partial charge is 0.369 e. The van der Waals surface area contributed by atoms with Gasteiger partial charge in [-0.25, -0.2) is 0 Å². The van der Waals surface area contributed by atoms with Gasteiger partial charge in [0.15, 0.2) is 5.60 Å². The van der Waals surface area contributed by atoms with Crippen LogP contribution in [0, 0.1) is 11.8 Å². The minimum Gasteiger partial charge on any atom is -0.369 e. The molecule has 1 N–H and O–H groups in total. The van der Waals surface area contributed by atoms with Gasteiger partial charge in [-0.3, -0.25) is 0 Å². The van der Waals surface area contributed by atoms with E-state index in [1.165, 1.54) is 0 Å². The first-order valence-electron chi connectivity index (χ1n) is 7.75. The average Bonchev–Trinajstić information content (AvgIpc) is 2.68. The van der Waals surface area contributed by atoms with E-state index in [0.29, 0.717) is 16.8 Å². The molecular formula is C21H15N3O. The molecule has 120 valence electrons. The normalized spacial score (nSPS) is 12.2. The van der Waals surface area contributed by atoms with Gasteiger partial charge in [-0.2, -0.15) is 0 Å². The summed E-state index contributed by atoms with van der Waals surface area (Å²) in [4.78, 5) is 2.86. The molecule has 3 aromatic rings. The lowest BCUT2D eigenvalue weighted by molar-refractivity contribution is 0.146. The lowest BCUT2D eigenvalue weighted by Crippen LogP contribution is -2.25. The highest BCUT2D eigenvalue weighted by atomic mass is 16.3. The van der Waals surface area contributed by atoms with Gasteiger partial charge in [0.25, 0.3) is 0 Å². The third-order valence-corrected chi connectivity index (χ3v) is 3.80. The minimum atomic E-state index is -1.60. The van der Waals surface area contributed by atoms with Crippen LogP contribution in [0.3, 0.4) is 0 Å². The monoisotopic (exact) mass is 325 g/mol. The van der Waals surface area contributed by atoms with Gasteiger partial charge in [-0.15, -0.1) is 0 Å². The van der Waals surface area contributed by atoms with Crippen molar-refractivity contribution in [2.45, 2.75) is 5.60 Å². The van der Waals surface area contributed by atoms with Crippen LogP contribution in [0.25, 0.3) is 10.4 Å². The lowest BCUT2D eigenvalue weighted by Gasteiger charge is -2.25. The number of hydrogen-bond donors (Lipinski definition) is 1. The van der Waals surface area contributed by atoms with E-state index in [0.717, 1.165) is 5.56 Å². The first-order chi connectivity index (χ1) is 12.2. The van der Waals surface area contributed by atoms with Crippen molar-refractivity contribution < 1.29 is 5.11 Å². The Balaban J connectivity index is 2.21. The van der Waals surface area contributed by atoms with Crippen LogP contribution in [-0.2, 0) is 5.60 Å². The summed E-state index contributed by atoms with van der Waals surface area (Å²) in [6.07, 6.45) is 0. The summed E-state index contributed by atoms with van der Waals surface area (Å²) in [7, 11) is 0. The van der Waals surface area contributed by atoms with Crippen molar-refractivity contribution in [3.63, 3.8) is 0 Å². The van der Waals surface area contributed by atoms with E-state index in [4.69, 9.17) is 5.53 Å². The summed E-state index contributed by atoms with van der Waals surface area (Å²) in [5.41, 5.74) is 9.43. The summed E-state index contributed by atoms with van der Waals surface area (Å²) >= 11 is 0. The minimum absolute atomic E-state index is 0.346. The van der Waals surface area contributed by atoms with E-state index in [2.05, 4.69) is 21.9 Å². The highest BCUT2D eigenvalue weighted by molar-refractivity contribution is 5.57. The summed E-state index contributed by atoms with van der Waals surface area (Å²) in [5.74, 6) is 5.98. The first-order valence-corrected chi connectivity index (χ1v) is 7.75. The summed E-state index contributed by atoms with van der Waals surface area (Å²) in [5, 5.41) is 15.2. The van der Waals surface area contributed by atoms with Crippen LogP contribution in [0.15, 0.2) is 90.0 Å². The average molecular weight is 325 g/mol. The van der Waals surface area contributed by atoms with Gasteiger partial charge in [0.05, 0.1) is 0 Å². The van der Waals surface area contributed by atoms with Gasteiger partial charge in [0.1, 0.15) is 0 Å². The maximum absolute atomic E-state index is 11.5. The predicted octanol–water partition coefficient (Wildman–Crippen LogP) is 4.92. The predicted molar refractivity (Wildman–Crippen MR) is 98.0 cm³/mol. The molecule has 0 amide bonds. The molecule has 0 saturated carbocycles. The Morgan fingerprint density at radius 2 is 1.44 bits per heavy atom. The highest BCUT2D eigenvalue weighted by Crippen LogP contribution is 2.35. The fourth-order valence-corrected chi connectivity index (χ4v) is 2.57. The van der Waals surface area contributed by atoms with Crippen LogP contribution < -0.4 is 0 Å². The molecule has 0 saturated heterocycles. The third-order valence-electron chi connectivity index (χ3n) is 3.80. The molecule has 0 aliphatic rings. The molecule has 0 radical (unpaired) electrons. The smallest absolute Gasteiger partial charge is 0.177 e. The van der Waals surface area contributed by atoms with E-state index >= 15 is 0 Å². The van der Waals surface area contributed by atoms with Crippen molar-refractivity contribution in [1.29, 1.82) is 0 Å². The van der Waals surface area contributed by atoms with Crippen LogP contribution in [0.4, 0.5) is 5.69 Å². The second kappa shape index (κ2) is 7.37. The first kappa shape index (κ1) is 16.4. The van der Waals surface area contributed by atoms with Gasteiger partial charge in [0.2, 0.25) is 0 Å². The number of aliphatic hydroxyl groups is 1. The molecule has 0 aliphatic carbocycles. The molecular weight excluding hydrogens is 310 g/mol. The fraction of sp³-hybridized carbons (Fsp3) is 0.0476. The molecule has 0 bridgehead atoms. The van der Waals surface area contributed by atoms with E-state index < -0.39 is 5.60 Å². The molecule has 0 spiro atoms. The standard InChI is InChI=1S/C21H15N3O/c22-24-23-20-14-8-7-13-19(20)21(25,18-11-5-2-6-12-18)16-15-17-9-3-1-4-10-17/h1-14,25H. The summed E-state index contributed by atoms with van der Waals surface area (Å²) in [6.45, 7) is 0. The van der Waals surface area contributed by atoms with Gasteiger partial charge < -0.3 is 5.11 Å². The van der Waals surface area contributed by atoms with Crippen molar-refractivity contribution in [3.05, 3.63) is 112 Å². The topological polar surface area (TPSA) is 69.0 Å². The Morgan fingerprint density at radius 1 is 0.840 bits per heavy atom. The number of rotatable bonds is 3. The van der Waals surface area contributed by atoms with Gasteiger partial charge >= 0.3 is 0 Å². The number of benzene rings is 3. The molecule has 0 fully saturated rings. The zero-order valence-electron chi connectivity index (χ0n) is 13.4. The molecule has 0 heterocycles. The van der Waals surface area contributed by atoms with Crippen molar-refractivity contribution in [3.8, 4) is 11.8 Å². The molecule has 1 unspecified atom stereocenters. The van der Waals surface area contributed by atoms with Gasteiger partial charge in [-0.05, 0) is 17.7 Å². The number of azide groups is 1. The van der Waals surface area contributed by atoms with Crippen LogP contribution in [0.2, 0.25) is 0 Å². The summed E-state index contributed by atoms with van der Waals surface area (Å²) < 4.78 is 0. The second-order valence-corrected chi connectivity index (χ2v) is 5.40. The summed E-state index contributed by atoms with van der Waals surface area (Å²) in [6, 6.07) is 25.5. The lowest BCUT2D eigenvalue weighted by atomic mass is 9.85. The van der Waals surface area contributed by atoms with E-state index in [1.54, 1.807) is 36.4 Å². The van der Waals surface area contributed by atoms with Crippen molar-refractivity contribution in [1.82, 2.24) is 0 Å². The molecule has 4 nitrogen and oxygen atoms in total. The quantitative estimate of drug-likeness (QED) is 0.316. The Kier molecular flexibility index (Phi) is 4.82. The molecule has 3 rings (SSSR count). The van der Waals surface area contributed by atoms with E-state index in [9.17, 15) is 5.11 Å². The Bertz CT molecular complexity index is 968. The molecule has 4 heteroatoms. The highest BCUT2D eigenvalue weighted by Gasteiger charge is 2.31. The maximum Gasteiger partial charge on any atom is 0.177 e. The van der Waals surface area contributed by atoms with Gasteiger partial charge in [-0.1, -0.05) is 89.8 Å². The fourth-order valence-electron chi connectivity index (χ4n) is 2.57. The molecule has 25 heavy (non-hydrogen) atoms. The number of nitrogens with zero attached hydrogens (tertiary/aromatic N) is 3. The Morgan fingerprint density at radius 3 is 2.12 bits per heavy atom. The van der Waals surface area contributed by atoms with E-state index in [-0.39, 0.29) is 0 Å². The number of hydrogen-bond acceptors (Lipinski definition) is 2. The zero-order chi connectivity index (χ0) is 17.5. The van der Waals surface area contributed by atoms with E-state index in [1.807, 2.05) is 48.5 Å². The van der Waals surface area contributed by atoms with Crippen LogP contribution in [0.1, 0.15) is 16.7 Å². The van der Waals surface area contributed by atoms with Crippen LogP contribution >= 0.6 is 0 Å². The van der Waals surface area contributed by atoms with Crippen molar-refractivity contribution in [2.24, 2.45) is 5.11 Å². The Labute approximate surface area is 146 Å².